The van der Waals surface area contributed by atoms with Crippen LogP contribution in [-0.2, 0) is 0 Å². The summed E-state index contributed by atoms with van der Waals surface area (Å²) in [6.07, 6.45) is 6.48. The Balaban J connectivity index is 0.000000444. The molecule has 0 saturated heterocycles. The van der Waals surface area contributed by atoms with Gasteiger partial charge in [-0.25, -0.2) is 4.39 Å². The number of aromatic nitrogens is 1. The molecule has 148 valence electrons. The van der Waals surface area contributed by atoms with Gasteiger partial charge in [-0.1, -0.05) is 7.43 Å². The summed E-state index contributed by atoms with van der Waals surface area (Å²) >= 11 is 0. The third-order valence-electron chi connectivity index (χ3n) is 4.19. The van der Waals surface area contributed by atoms with E-state index < -0.39 is 11.4 Å². The normalized spacial score (nSPS) is 16.6. The summed E-state index contributed by atoms with van der Waals surface area (Å²) in [5, 5.41) is 17.3. The Hall–Kier alpha value is -2.34. The van der Waals surface area contributed by atoms with Gasteiger partial charge in [0, 0.05) is 6.42 Å². The van der Waals surface area contributed by atoms with Gasteiger partial charge in [-0.2, -0.15) is 10.5 Å². The van der Waals surface area contributed by atoms with Gasteiger partial charge in [-0.05, 0) is 58.3 Å². The summed E-state index contributed by atoms with van der Waals surface area (Å²) in [7, 11) is 1.44. The maximum Gasteiger partial charge on any atom is 0.201 e. The summed E-state index contributed by atoms with van der Waals surface area (Å²) in [5.74, 6) is 0.398. The van der Waals surface area contributed by atoms with Crippen molar-refractivity contribution in [2.45, 2.75) is 71.8 Å². The molecule has 0 N–H and O–H groups in total. The first-order valence-corrected chi connectivity index (χ1v) is 8.98. The second-order valence-electron chi connectivity index (χ2n) is 7.82. The highest BCUT2D eigenvalue weighted by Gasteiger charge is 2.37. The smallest absolute Gasteiger partial charge is 0.201 e. The number of pyridine rings is 1. The lowest BCUT2D eigenvalue weighted by Gasteiger charge is -2.24. The predicted octanol–water partition coefficient (Wildman–Crippen LogP) is 5.37. The number of nitrogens with zero attached hydrogens (tertiary/aromatic N) is 3. The van der Waals surface area contributed by atoms with Crippen LogP contribution in [-0.4, -0.2) is 17.7 Å². The molecule has 2 fully saturated rings. The second kappa shape index (κ2) is 9.55. The minimum atomic E-state index is -0.576. The SMILES string of the molecule is C.COc1c(C(C#N)C2CC2)ncc(F)c1OC(C)(C)C.N#CCC1CC1. The highest BCUT2D eigenvalue weighted by atomic mass is 19.1. The largest absolute Gasteiger partial charge is 0.491 e. The summed E-state index contributed by atoms with van der Waals surface area (Å²) in [4.78, 5) is 4.07. The maximum absolute atomic E-state index is 14.0. The molecule has 0 aromatic carbocycles. The molecule has 6 heteroatoms. The third kappa shape index (κ3) is 6.71. The molecule has 27 heavy (non-hydrogen) atoms. The maximum atomic E-state index is 14.0. The first kappa shape index (κ1) is 22.7. The van der Waals surface area contributed by atoms with E-state index in [1.54, 1.807) is 0 Å². The lowest BCUT2D eigenvalue weighted by molar-refractivity contribution is 0.118. The molecular formula is C21H30FN3O2. The molecule has 2 aliphatic carbocycles. The zero-order valence-electron chi connectivity index (χ0n) is 15.9. The Labute approximate surface area is 162 Å². The molecule has 0 amide bonds. The van der Waals surface area contributed by atoms with E-state index in [0.717, 1.165) is 31.4 Å². The van der Waals surface area contributed by atoms with Crippen LogP contribution in [0.15, 0.2) is 6.20 Å². The quantitative estimate of drug-likeness (QED) is 0.691. The van der Waals surface area contributed by atoms with Crippen LogP contribution in [0.5, 0.6) is 11.5 Å². The van der Waals surface area contributed by atoms with E-state index >= 15 is 0 Å². The van der Waals surface area contributed by atoms with Crippen molar-refractivity contribution in [3.8, 4) is 23.6 Å². The fourth-order valence-electron chi connectivity index (χ4n) is 2.56. The number of hydrogen-bond donors (Lipinski definition) is 0. The van der Waals surface area contributed by atoms with Crippen molar-refractivity contribution >= 4 is 0 Å². The molecule has 0 aliphatic heterocycles. The van der Waals surface area contributed by atoms with Gasteiger partial charge < -0.3 is 9.47 Å². The third-order valence-corrected chi connectivity index (χ3v) is 4.19. The predicted molar refractivity (Wildman–Crippen MR) is 102 cm³/mol. The van der Waals surface area contributed by atoms with E-state index in [4.69, 9.17) is 14.7 Å². The molecule has 3 rings (SSSR count). The molecule has 2 saturated carbocycles. The van der Waals surface area contributed by atoms with Crippen LogP contribution in [0.25, 0.3) is 0 Å². The number of methoxy groups -OCH3 is 1. The van der Waals surface area contributed by atoms with E-state index in [2.05, 4.69) is 17.1 Å². The fourth-order valence-corrected chi connectivity index (χ4v) is 2.56. The minimum Gasteiger partial charge on any atom is -0.491 e. The fraction of sp³-hybridized carbons (Fsp3) is 0.667. The van der Waals surface area contributed by atoms with Crippen LogP contribution < -0.4 is 9.47 Å². The Morgan fingerprint density at radius 2 is 1.85 bits per heavy atom. The van der Waals surface area contributed by atoms with Gasteiger partial charge in [0.1, 0.15) is 11.3 Å². The standard InChI is InChI=1S/C15H19FN2O2.C5H7N.CH4/c1-15(2,3)20-13-11(16)8-18-12(14(13)19-4)10(7-17)9-5-6-9;6-4-3-5-1-2-5;/h8-10H,5-6H2,1-4H3;5H,1-3H2;1H4. The zero-order chi connectivity index (χ0) is 19.3. The van der Waals surface area contributed by atoms with Crippen molar-refractivity contribution in [3.63, 3.8) is 0 Å². The van der Waals surface area contributed by atoms with Crippen molar-refractivity contribution in [1.82, 2.24) is 4.98 Å². The van der Waals surface area contributed by atoms with Gasteiger partial charge in [0.05, 0.1) is 31.4 Å². The van der Waals surface area contributed by atoms with E-state index in [0.29, 0.717) is 5.69 Å². The molecule has 0 spiro atoms. The van der Waals surface area contributed by atoms with Gasteiger partial charge in [0.2, 0.25) is 5.75 Å². The Morgan fingerprint density at radius 1 is 1.22 bits per heavy atom. The molecule has 0 bridgehead atoms. The topological polar surface area (TPSA) is 78.9 Å². The number of hydrogen-bond acceptors (Lipinski definition) is 5. The van der Waals surface area contributed by atoms with Gasteiger partial charge in [-0.15, -0.1) is 0 Å². The van der Waals surface area contributed by atoms with Crippen molar-refractivity contribution in [3.05, 3.63) is 17.7 Å². The average Bonchev–Trinajstić information content (AvgIpc) is 3.45. The van der Waals surface area contributed by atoms with Crippen LogP contribution in [0.3, 0.4) is 0 Å². The molecule has 1 heterocycles. The lowest BCUT2D eigenvalue weighted by atomic mass is 9.99. The van der Waals surface area contributed by atoms with Gasteiger partial charge in [0.25, 0.3) is 0 Å². The van der Waals surface area contributed by atoms with Crippen LogP contribution in [0.1, 0.15) is 71.9 Å². The van der Waals surface area contributed by atoms with E-state index in [1.807, 2.05) is 20.8 Å². The van der Waals surface area contributed by atoms with E-state index in [-0.39, 0.29) is 30.8 Å². The molecule has 1 aromatic rings. The van der Waals surface area contributed by atoms with Crippen LogP contribution >= 0.6 is 0 Å². The van der Waals surface area contributed by atoms with Gasteiger partial charge >= 0.3 is 0 Å². The first-order valence-electron chi connectivity index (χ1n) is 8.98. The second-order valence-corrected chi connectivity index (χ2v) is 7.82. The molecule has 1 aromatic heterocycles. The van der Waals surface area contributed by atoms with Crippen molar-refractivity contribution in [1.29, 1.82) is 10.5 Å². The number of nitriles is 2. The number of rotatable bonds is 5. The number of halogens is 1. The Morgan fingerprint density at radius 3 is 2.22 bits per heavy atom. The summed E-state index contributed by atoms with van der Waals surface area (Å²) in [6.45, 7) is 5.48. The minimum absolute atomic E-state index is 0. The lowest BCUT2D eigenvalue weighted by Crippen LogP contribution is -2.24. The number of ether oxygens (including phenoxy) is 2. The Bertz CT molecular complexity index is 708. The average molecular weight is 375 g/mol. The highest BCUT2D eigenvalue weighted by molar-refractivity contribution is 5.47. The van der Waals surface area contributed by atoms with Gasteiger partial charge in [0.15, 0.2) is 11.6 Å². The molecule has 2 aliphatic rings. The zero-order valence-corrected chi connectivity index (χ0v) is 15.9. The van der Waals surface area contributed by atoms with E-state index in [9.17, 15) is 9.65 Å². The van der Waals surface area contributed by atoms with Crippen LogP contribution in [0.2, 0.25) is 0 Å². The summed E-state index contributed by atoms with van der Waals surface area (Å²) < 4.78 is 24.9. The molecule has 5 nitrogen and oxygen atoms in total. The van der Waals surface area contributed by atoms with Crippen LogP contribution in [0, 0.1) is 40.3 Å². The molecule has 1 atom stereocenters. The Kier molecular flexibility index (Phi) is 8.03. The highest BCUT2D eigenvalue weighted by Crippen LogP contribution is 2.47. The van der Waals surface area contributed by atoms with Gasteiger partial charge in [-0.3, -0.25) is 4.98 Å². The van der Waals surface area contributed by atoms with Crippen LogP contribution in [0.4, 0.5) is 4.39 Å². The summed E-state index contributed by atoms with van der Waals surface area (Å²) in [6, 6.07) is 4.37. The molecular weight excluding hydrogens is 345 g/mol. The monoisotopic (exact) mass is 375 g/mol. The van der Waals surface area contributed by atoms with Crippen molar-refractivity contribution in [2.75, 3.05) is 7.11 Å². The summed E-state index contributed by atoms with van der Waals surface area (Å²) in [5.41, 5.74) is -0.0905. The molecule has 1 unspecified atom stereocenters. The van der Waals surface area contributed by atoms with Crippen molar-refractivity contribution in [2.24, 2.45) is 11.8 Å². The first-order chi connectivity index (χ1) is 12.3. The van der Waals surface area contributed by atoms with Crippen molar-refractivity contribution < 1.29 is 13.9 Å². The molecule has 0 radical (unpaired) electrons. The van der Waals surface area contributed by atoms with E-state index in [1.165, 1.54) is 20.0 Å².